The number of thioether (sulfide) groups is 1. The van der Waals surface area contributed by atoms with Crippen LogP contribution in [0.5, 0.6) is 0 Å². The van der Waals surface area contributed by atoms with Crippen LogP contribution in [0.2, 0.25) is 0 Å². The summed E-state index contributed by atoms with van der Waals surface area (Å²) < 4.78 is 28.0. The Kier molecular flexibility index (Phi) is 4.26. The van der Waals surface area contributed by atoms with Crippen LogP contribution in [0.1, 0.15) is 36.7 Å². The van der Waals surface area contributed by atoms with E-state index in [1.165, 1.54) is 47.0 Å². The van der Waals surface area contributed by atoms with Crippen molar-refractivity contribution < 1.29 is 18.4 Å². The molecule has 2 aromatic carbocycles. The molecule has 4 rings (SSSR count). The number of hydrogen-bond donors (Lipinski definition) is 0. The molecule has 0 aliphatic carbocycles. The van der Waals surface area contributed by atoms with Gasteiger partial charge in [-0.05, 0) is 51.1 Å². The summed E-state index contributed by atoms with van der Waals surface area (Å²) in [6.45, 7) is 6.31. The quantitative estimate of drug-likeness (QED) is 0.758. The van der Waals surface area contributed by atoms with Crippen molar-refractivity contribution in [2.45, 2.75) is 30.4 Å². The molecule has 0 N–H and O–H groups in total. The zero-order valence-electron chi connectivity index (χ0n) is 15.8. The van der Waals surface area contributed by atoms with Crippen molar-refractivity contribution in [3.05, 3.63) is 65.2 Å². The molecule has 1 saturated heterocycles. The van der Waals surface area contributed by atoms with E-state index >= 15 is 0 Å². The molecule has 2 heterocycles. The first-order valence-electron chi connectivity index (χ1n) is 9.10. The Balaban J connectivity index is 1.93. The number of amides is 2. The highest BCUT2D eigenvalue weighted by Gasteiger charge is 2.63. The maximum atomic E-state index is 14.4. The van der Waals surface area contributed by atoms with Crippen molar-refractivity contribution in [1.82, 2.24) is 4.90 Å². The van der Waals surface area contributed by atoms with Gasteiger partial charge >= 0.3 is 0 Å². The minimum atomic E-state index is -1.41. The third-order valence-corrected chi connectivity index (χ3v) is 6.75. The summed E-state index contributed by atoms with van der Waals surface area (Å²) in [6, 6.07) is 9.91. The molecule has 1 unspecified atom stereocenters. The SMILES string of the molecule is CCN1C(=O)C2(SC(C)(C)CN2C(=O)c2ccccc2F)c2cc(F)ccc21. The molecule has 2 aromatic rings. The number of benzene rings is 2. The summed E-state index contributed by atoms with van der Waals surface area (Å²) in [5, 5.41) is 0. The number of likely N-dealkylation sites (N-methyl/N-ethyl adjacent to an activating group) is 1. The van der Waals surface area contributed by atoms with Gasteiger partial charge in [0, 0.05) is 23.4 Å². The van der Waals surface area contributed by atoms with Gasteiger partial charge in [0.2, 0.25) is 0 Å². The fourth-order valence-electron chi connectivity index (χ4n) is 4.07. The molecule has 2 aliphatic rings. The Morgan fingerprint density at radius 2 is 1.89 bits per heavy atom. The lowest BCUT2D eigenvalue weighted by Crippen LogP contribution is -2.50. The van der Waals surface area contributed by atoms with E-state index in [1.807, 2.05) is 20.8 Å². The maximum Gasteiger partial charge on any atom is 0.268 e. The molecule has 1 spiro atoms. The van der Waals surface area contributed by atoms with Crippen molar-refractivity contribution in [1.29, 1.82) is 0 Å². The molecule has 4 nitrogen and oxygen atoms in total. The molecule has 0 saturated carbocycles. The number of hydrogen-bond acceptors (Lipinski definition) is 3. The third-order valence-electron chi connectivity index (χ3n) is 5.16. The van der Waals surface area contributed by atoms with E-state index in [4.69, 9.17) is 0 Å². The van der Waals surface area contributed by atoms with E-state index in [9.17, 15) is 18.4 Å². The van der Waals surface area contributed by atoms with Gasteiger partial charge in [-0.2, -0.15) is 0 Å². The summed E-state index contributed by atoms with van der Waals surface area (Å²) in [5.74, 6) is -1.99. The monoisotopic (exact) mass is 402 g/mol. The molecular formula is C21H20F2N2O2S. The van der Waals surface area contributed by atoms with Gasteiger partial charge in [0.15, 0.2) is 4.87 Å². The minimum absolute atomic E-state index is 0.0964. The molecule has 7 heteroatoms. The van der Waals surface area contributed by atoms with Gasteiger partial charge < -0.3 is 9.80 Å². The molecular weight excluding hydrogens is 382 g/mol. The number of fused-ring (bicyclic) bond motifs is 2. The van der Waals surface area contributed by atoms with Crippen LogP contribution in [-0.2, 0) is 9.67 Å². The normalized spacial score (nSPS) is 22.8. The summed E-state index contributed by atoms with van der Waals surface area (Å²) in [5.41, 5.74) is 0.936. The first kappa shape index (κ1) is 18.9. The van der Waals surface area contributed by atoms with Crippen LogP contribution in [0.25, 0.3) is 0 Å². The van der Waals surface area contributed by atoms with E-state index in [0.29, 0.717) is 17.8 Å². The highest BCUT2D eigenvalue weighted by atomic mass is 32.2. The summed E-state index contributed by atoms with van der Waals surface area (Å²) >= 11 is 1.32. The van der Waals surface area contributed by atoms with Crippen LogP contribution in [-0.4, -0.2) is 34.6 Å². The van der Waals surface area contributed by atoms with Gasteiger partial charge in [0.1, 0.15) is 11.6 Å². The van der Waals surface area contributed by atoms with Gasteiger partial charge in [0.05, 0.1) is 11.3 Å². The zero-order chi connectivity index (χ0) is 20.3. The van der Waals surface area contributed by atoms with Gasteiger partial charge in [-0.15, -0.1) is 11.8 Å². The first-order valence-corrected chi connectivity index (χ1v) is 9.91. The van der Waals surface area contributed by atoms with Crippen LogP contribution in [0, 0.1) is 11.6 Å². The van der Waals surface area contributed by atoms with E-state index in [2.05, 4.69) is 0 Å². The Bertz CT molecular complexity index is 994. The van der Waals surface area contributed by atoms with Crippen molar-refractivity contribution in [3.63, 3.8) is 0 Å². The van der Waals surface area contributed by atoms with Gasteiger partial charge in [-0.3, -0.25) is 9.59 Å². The van der Waals surface area contributed by atoms with E-state index < -0.39 is 27.2 Å². The van der Waals surface area contributed by atoms with E-state index in [1.54, 1.807) is 17.0 Å². The van der Waals surface area contributed by atoms with Gasteiger partial charge in [-0.1, -0.05) is 12.1 Å². The Morgan fingerprint density at radius 3 is 2.57 bits per heavy atom. The van der Waals surface area contributed by atoms with E-state index in [-0.39, 0.29) is 18.0 Å². The number of anilines is 1. The molecule has 1 atom stereocenters. The second-order valence-electron chi connectivity index (χ2n) is 7.59. The smallest absolute Gasteiger partial charge is 0.268 e. The van der Waals surface area contributed by atoms with Crippen molar-refractivity contribution in [3.8, 4) is 0 Å². The minimum Gasteiger partial charge on any atom is -0.310 e. The lowest BCUT2D eigenvalue weighted by molar-refractivity contribution is -0.123. The van der Waals surface area contributed by atoms with Gasteiger partial charge in [0.25, 0.3) is 11.8 Å². The molecule has 2 aliphatic heterocycles. The lowest BCUT2D eigenvalue weighted by atomic mass is 10.0. The molecule has 146 valence electrons. The predicted octanol–water partition coefficient (Wildman–Crippen LogP) is 4.15. The van der Waals surface area contributed by atoms with Crippen LogP contribution >= 0.6 is 11.8 Å². The Labute approximate surface area is 166 Å². The van der Waals surface area contributed by atoms with Gasteiger partial charge in [-0.25, -0.2) is 8.78 Å². The number of rotatable bonds is 2. The largest absolute Gasteiger partial charge is 0.310 e. The predicted molar refractivity (Wildman–Crippen MR) is 105 cm³/mol. The average molecular weight is 402 g/mol. The number of carbonyl (C=O) groups excluding carboxylic acids is 2. The average Bonchev–Trinajstić information content (AvgIpc) is 3.06. The lowest BCUT2D eigenvalue weighted by Gasteiger charge is -2.33. The Morgan fingerprint density at radius 1 is 1.18 bits per heavy atom. The third kappa shape index (κ3) is 2.56. The number of carbonyl (C=O) groups is 2. The van der Waals surface area contributed by atoms with Crippen LogP contribution < -0.4 is 4.90 Å². The maximum absolute atomic E-state index is 14.4. The van der Waals surface area contributed by atoms with Crippen molar-refractivity contribution >= 4 is 29.3 Å². The number of nitrogens with zero attached hydrogens (tertiary/aromatic N) is 2. The second kappa shape index (κ2) is 6.30. The fourth-order valence-corrected chi connectivity index (χ4v) is 5.79. The standard InChI is InChI=1S/C21H20F2N2O2S/c1-4-24-17-10-9-13(22)11-15(17)21(19(24)27)25(12-20(2,3)28-21)18(26)14-7-5-6-8-16(14)23/h5-11H,4,12H2,1-3H3. The molecule has 0 radical (unpaired) electrons. The molecule has 0 aromatic heterocycles. The van der Waals surface area contributed by atoms with Crippen LogP contribution in [0.4, 0.5) is 14.5 Å². The first-order chi connectivity index (χ1) is 13.2. The van der Waals surface area contributed by atoms with Crippen LogP contribution in [0.15, 0.2) is 42.5 Å². The van der Waals surface area contributed by atoms with Crippen LogP contribution in [0.3, 0.4) is 0 Å². The molecule has 2 amide bonds. The molecule has 0 bridgehead atoms. The summed E-state index contributed by atoms with van der Waals surface area (Å²) in [6.07, 6.45) is 0. The summed E-state index contributed by atoms with van der Waals surface area (Å²) in [4.78, 5) is 28.5. The fraction of sp³-hybridized carbons (Fsp3) is 0.333. The number of halogens is 2. The van der Waals surface area contributed by atoms with E-state index in [0.717, 1.165) is 0 Å². The zero-order valence-corrected chi connectivity index (χ0v) is 16.6. The Hall–Kier alpha value is -2.41. The van der Waals surface area contributed by atoms with Crippen molar-refractivity contribution in [2.24, 2.45) is 0 Å². The molecule has 28 heavy (non-hydrogen) atoms. The topological polar surface area (TPSA) is 40.6 Å². The second-order valence-corrected chi connectivity index (χ2v) is 9.49. The highest BCUT2D eigenvalue weighted by Crippen LogP contribution is 2.59. The summed E-state index contributed by atoms with van der Waals surface area (Å²) in [7, 11) is 0. The van der Waals surface area contributed by atoms with Crippen molar-refractivity contribution in [2.75, 3.05) is 18.0 Å². The molecule has 1 fully saturated rings. The highest BCUT2D eigenvalue weighted by molar-refractivity contribution is 8.02.